The maximum atomic E-state index is 13.6. The van der Waals surface area contributed by atoms with Crippen LogP contribution in [0.5, 0.6) is 10.9 Å². The number of fused-ring (bicyclic) bond motifs is 1. The third kappa shape index (κ3) is 2.81. The quantitative estimate of drug-likeness (QED) is 0.853. The average Bonchev–Trinajstić information content (AvgIpc) is 3.14. The third-order valence-electron chi connectivity index (χ3n) is 3.83. The summed E-state index contributed by atoms with van der Waals surface area (Å²) in [5, 5.41) is 3.36. The lowest BCUT2D eigenvalue weighted by Gasteiger charge is -2.15. The normalized spacial score (nSPS) is 16.1. The molecule has 0 saturated heterocycles. The summed E-state index contributed by atoms with van der Waals surface area (Å²) >= 11 is 4.34. The highest BCUT2D eigenvalue weighted by Gasteiger charge is 2.30. The monoisotopic (exact) mass is 400 g/mol. The van der Waals surface area contributed by atoms with Crippen molar-refractivity contribution < 1.29 is 18.7 Å². The molecule has 1 N–H and O–H groups in total. The number of aromatic nitrogens is 1. The number of halogens is 2. The molecule has 0 saturated carbocycles. The van der Waals surface area contributed by atoms with Gasteiger partial charge in [-0.25, -0.2) is 4.39 Å². The molecule has 23 heavy (non-hydrogen) atoms. The van der Waals surface area contributed by atoms with Crippen LogP contribution < -0.4 is 14.8 Å². The largest absolute Gasteiger partial charge is 0.485 e. The summed E-state index contributed by atoms with van der Waals surface area (Å²) in [5.41, 5.74) is 2.11. The van der Waals surface area contributed by atoms with Crippen molar-refractivity contribution >= 4 is 33.4 Å². The van der Waals surface area contributed by atoms with Gasteiger partial charge in [0, 0.05) is 11.5 Å². The van der Waals surface area contributed by atoms with Crippen molar-refractivity contribution in [3.05, 3.63) is 39.1 Å². The molecule has 1 atom stereocenters. The first-order valence-corrected chi connectivity index (χ1v) is 8.48. The van der Waals surface area contributed by atoms with E-state index in [1.165, 1.54) is 20.3 Å². The number of rotatable bonds is 4. The van der Waals surface area contributed by atoms with Gasteiger partial charge >= 0.3 is 0 Å². The lowest BCUT2D eigenvalue weighted by atomic mass is 10.1. The molecule has 1 aliphatic carbocycles. The van der Waals surface area contributed by atoms with Crippen molar-refractivity contribution in [3.63, 3.8) is 0 Å². The lowest BCUT2D eigenvalue weighted by molar-refractivity contribution is 0.0931. The molecule has 3 rings (SSSR count). The molecular weight excluding hydrogens is 387 g/mol. The molecule has 1 aromatic carbocycles. The van der Waals surface area contributed by atoms with Crippen LogP contribution in [0, 0.1) is 5.82 Å². The van der Waals surface area contributed by atoms with Crippen LogP contribution in [-0.4, -0.2) is 24.5 Å². The number of ether oxygens (including phenoxy) is 2. The van der Waals surface area contributed by atoms with Crippen LogP contribution in [0.3, 0.4) is 0 Å². The van der Waals surface area contributed by atoms with Crippen LogP contribution in [0.2, 0.25) is 0 Å². The standard InChI is InChI=1S/C15H14BrFN2O3S/c1-21-14-11(15(22-2)23-19-14)13(20)18-10-6-4-8-7(10)3-5-9(17)12(8)16/h3,5,10H,4,6H2,1-2H3,(H,18,20). The minimum atomic E-state index is -0.314. The van der Waals surface area contributed by atoms with Crippen LogP contribution in [0.4, 0.5) is 4.39 Å². The van der Waals surface area contributed by atoms with Crippen LogP contribution >= 0.6 is 27.5 Å². The van der Waals surface area contributed by atoms with Crippen molar-refractivity contribution in [1.29, 1.82) is 0 Å². The molecule has 122 valence electrons. The second-order valence-electron chi connectivity index (χ2n) is 5.05. The van der Waals surface area contributed by atoms with Crippen LogP contribution in [0.15, 0.2) is 16.6 Å². The van der Waals surface area contributed by atoms with Gasteiger partial charge in [-0.3, -0.25) is 4.79 Å². The SMILES string of the molecule is COc1nsc(OC)c1C(=O)NC1CCc2c1ccc(F)c2Br. The summed E-state index contributed by atoms with van der Waals surface area (Å²) in [6.07, 6.45) is 1.42. The Morgan fingerprint density at radius 3 is 2.91 bits per heavy atom. The maximum Gasteiger partial charge on any atom is 0.262 e. The van der Waals surface area contributed by atoms with Crippen molar-refractivity contribution in [3.8, 4) is 10.9 Å². The number of nitrogens with zero attached hydrogens (tertiary/aromatic N) is 1. The summed E-state index contributed by atoms with van der Waals surface area (Å²) in [7, 11) is 2.94. The second-order valence-corrected chi connectivity index (χ2v) is 6.58. The highest BCUT2D eigenvalue weighted by atomic mass is 79.9. The molecule has 1 aliphatic rings. The number of nitrogens with one attached hydrogen (secondary N) is 1. The Morgan fingerprint density at radius 2 is 2.22 bits per heavy atom. The van der Waals surface area contributed by atoms with Crippen LogP contribution in [-0.2, 0) is 6.42 Å². The molecule has 0 radical (unpaired) electrons. The van der Waals surface area contributed by atoms with E-state index in [0.29, 0.717) is 22.4 Å². The van der Waals surface area contributed by atoms with E-state index < -0.39 is 0 Å². The van der Waals surface area contributed by atoms with E-state index in [1.54, 1.807) is 6.07 Å². The fourth-order valence-electron chi connectivity index (χ4n) is 2.74. The first kappa shape index (κ1) is 16.2. The summed E-state index contributed by atoms with van der Waals surface area (Å²) in [6, 6.07) is 2.94. The molecule has 1 amide bonds. The molecule has 0 spiro atoms. The fourth-order valence-corrected chi connectivity index (χ4v) is 3.98. The third-order valence-corrected chi connectivity index (χ3v) is 5.48. The molecule has 1 unspecified atom stereocenters. The van der Waals surface area contributed by atoms with Crippen LogP contribution in [0.1, 0.15) is 33.9 Å². The van der Waals surface area contributed by atoms with E-state index in [2.05, 4.69) is 25.6 Å². The van der Waals surface area contributed by atoms with Gasteiger partial charge in [0.05, 0.1) is 24.7 Å². The van der Waals surface area contributed by atoms with Gasteiger partial charge in [0.15, 0.2) is 5.56 Å². The number of amides is 1. The van der Waals surface area contributed by atoms with Gasteiger partial charge in [-0.05, 0) is 46.0 Å². The average molecular weight is 401 g/mol. The number of hydrogen-bond donors (Lipinski definition) is 1. The Balaban J connectivity index is 1.87. The highest BCUT2D eigenvalue weighted by Crippen LogP contribution is 2.38. The van der Waals surface area contributed by atoms with Gasteiger partial charge in [0.1, 0.15) is 5.82 Å². The highest BCUT2D eigenvalue weighted by molar-refractivity contribution is 9.10. The van der Waals surface area contributed by atoms with E-state index in [1.807, 2.05) is 0 Å². The van der Waals surface area contributed by atoms with E-state index in [4.69, 9.17) is 9.47 Å². The van der Waals surface area contributed by atoms with Gasteiger partial charge in [-0.2, -0.15) is 4.37 Å². The smallest absolute Gasteiger partial charge is 0.262 e. The lowest BCUT2D eigenvalue weighted by Crippen LogP contribution is -2.27. The van der Waals surface area contributed by atoms with E-state index in [0.717, 1.165) is 22.7 Å². The minimum Gasteiger partial charge on any atom is -0.485 e. The minimum absolute atomic E-state index is 0.177. The predicted molar refractivity (Wildman–Crippen MR) is 87.8 cm³/mol. The molecule has 5 nitrogen and oxygen atoms in total. The second kappa shape index (κ2) is 6.45. The first-order valence-electron chi connectivity index (χ1n) is 6.92. The van der Waals surface area contributed by atoms with Gasteiger partial charge in [0.2, 0.25) is 10.9 Å². The van der Waals surface area contributed by atoms with Gasteiger partial charge in [-0.1, -0.05) is 6.07 Å². The molecule has 8 heteroatoms. The predicted octanol–water partition coefficient (Wildman–Crippen LogP) is 3.48. The molecule has 2 aromatic rings. The number of methoxy groups -OCH3 is 2. The fraction of sp³-hybridized carbons (Fsp3) is 0.333. The molecule has 1 heterocycles. The van der Waals surface area contributed by atoms with Crippen molar-refractivity contribution in [2.24, 2.45) is 0 Å². The zero-order valence-electron chi connectivity index (χ0n) is 12.5. The van der Waals surface area contributed by atoms with Crippen molar-refractivity contribution in [2.45, 2.75) is 18.9 Å². The Morgan fingerprint density at radius 1 is 1.43 bits per heavy atom. The number of carbonyl (C=O) groups is 1. The maximum absolute atomic E-state index is 13.6. The van der Waals surface area contributed by atoms with Gasteiger partial charge in [-0.15, -0.1) is 0 Å². The van der Waals surface area contributed by atoms with Crippen LogP contribution in [0.25, 0.3) is 0 Å². The van der Waals surface area contributed by atoms with E-state index in [-0.39, 0.29) is 29.2 Å². The van der Waals surface area contributed by atoms with Crippen molar-refractivity contribution in [2.75, 3.05) is 14.2 Å². The van der Waals surface area contributed by atoms with Crippen molar-refractivity contribution in [1.82, 2.24) is 9.69 Å². The molecular formula is C15H14BrFN2O3S. The Hall–Kier alpha value is -1.67. The number of hydrogen-bond acceptors (Lipinski definition) is 5. The van der Waals surface area contributed by atoms with E-state index >= 15 is 0 Å². The summed E-state index contributed by atoms with van der Waals surface area (Å²) in [6.45, 7) is 0. The molecule has 0 fully saturated rings. The summed E-state index contributed by atoms with van der Waals surface area (Å²) in [5.74, 6) is -0.366. The number of benzene rings is 1. The summed E-state index contributed by atoms with van der Waals surface area (Å²) in [4.78, 5) is 12.6. The number of carbonyl (C=O) groups excluding carboxylic acids is 1. The molecule has 0 aliphatic heterocycles. The zero-order valence-corrected chi connectivity index (χ0v) is 14.9. The zero-order chi connectivity index (χ0) is 16.6. The first-order chi connectivity index (χ1) is 11.1. The van der Waals surface area contributed by atoms with Gasteiger partial charge in [0.25, 0.3) is 5.91 Å². The Kier molecular flexibility index (Phi) is 4.54. The van der Waals surface area contributed by atoms with E-state index in [9.17, 15) is 9.18 Å². The topological polar surface area (TPSA) is 60.5 Å². The Labute approximate surface area is 145 Å². The molecule has 0 bridgehead atoms. The Bertz CT molecular complexity index is 744. The molecule has 1 aromatic heterocycles. The summed E-state index contributed by atoms with van der Waals surface area (Å²) < 4.78 is 28.4. The van der Waals surface area contributed by atoms with Gasteiger partial charge < -0.3 is 14.8 Å².